The highest BCUT2D eigenvalue weighted by molar-refractivity contribution is 6.31. The van der Waals surface area contributed by atoms with Crippen molar-refractivity contribution in [2.24, 2.45) is 5.41 Å². The van der Waals surface area contributed by atoms with Gasteiger partial charge in [-0.1, -0.05) is 50.6 Å². The van der Waals surface area contributed by atoms with E-state index in [1.807, 2.05) is 32.9 Å². The van der Waals surface area contributed by atoms with Crippen LogP contribution >= 0.6 is 11.6 Å². The van der Waals surface area contributed by atoms with Crippen molar-refractivity contribution in [3.05, 3.63) is 34.9 Å². The third-order valence-corrected chi connectivity index (χ3v) is 2.74. The Kier molecular flexibility index (Phi) is 3.98. The van der Waals surface area contributed by atoms with E-state index in [-0.39, 0.29) is 5.41 Å². The van der Waals surface area contributed by atoms with Crippen LogP contribution in [0.2, 0.25) is 5.02 Å². The molecule has 0 spiro atoms. The molecule has 0 amide bonds. The summed E-state index contributed by atoms with van der Waals surface area (Å²) in [4.78, 5) is 11.3. The zero-order chi connectivity index (χ0) is 12.3. The number of rotatable bonds is 3. The van der Waals surface area contributed by atoms with Crippen molar-refractivity contribution in [3.8, 4) is 0 Å². The van der Waals surface area contributed by atoms with E-state index in [0.29, 0.717) is 17.0 Å². The minimum absolute atomic E-state index is 0.0395. The predicted molar refractivity (Wildman–Crippen MR) is 65.9 cm³/mol. The van der Waals surface area contributed by atoms with E-state index in [9.17, 15) is 9.90 Å². The number of carboxylic acids is 1. The highest BCUT2D eigenvalue weighted by Gasteiger charge is 2.27. The smallest absolute Gasteiger partial charge is 0.311 e. The monoisotopic (exact) mass is 240 g/mol. The number of benzene rings is 1. The summed E-state index contributed by atoms with van der Waals surface area (Å²) in [6.07, 6.45) is 0.575. The molecule has 0 bridgehead atoms. The van der Waals surface area contributed by atoms with Crippen molar-refractivity contribution in [1.29, 1.82) is 0 Å². The molecule has 1 unspecified atom stereocenters. The molecule has 3 heteroatoms. The van der Waals surface area contributed by atoms with Crippen LogP contribution in [-0.2, 0) is 4.79 Å². The molecular weight excluding hydrogens is 224 g/mol. The Morgan fingerprint density at radius 1 is 1.38 bits per heavy atom. The van der Waals surface area contributed by atoms with E-state index in [4.69, 9.17) is 11.6 Å². The second kappa shape index (κ2) is 4.88. The van der Waals surface area contributed by atoms with E-state index in [0.717, 1.165) is 0 Å². The number of carboxylic acid groups (broad SMARTS) is 1. The van der Waals surface area contributed by atoms with Gasteiger partial charge in [-0.05, 0) is 23.5 Å². The fourth-order valence-corrected chi connectivity index (χ4v) is 1.97. The molecule has 0 heterocycles. The van der Waals surface area contributed by atoms with Crippen LogP contribution < -0.4 is 0 Å². The second-order valence-corrected chi connectivity index (χ2v) is 5.58. The molecule has 0 aromatic heterocycles. The van der Waals surface area contributed by atoms with E-state index >= 15 is 0 Å². The minimum Gasteiger partial charge on any atom is -0.481 e. The molecule has 1 aromatic carbocycles. The molecule has 1 rings (SSSR count). The third kappa shape index (κ3) is 3.53. The topological polar surface area (TPSA) is 37.3 Å². The van der Waals surface area contributed by atoms with Gasteiger partial charge in [-0.25, -0.2) is 0 Å². The Hall–Kier alpha value is -1.02. The molecule has 0 aliphatic rings. The predicted octanol–water partition coefficient (Wildman–Crippen LogP) is 3.94. The highest BCUT2D eigenvalue weighted by Crippen LogP contribution is 2.34. The van der Waals surface area contributed by atoms with Crippen LogP contribution in [0.5, 0.6) is 0 Å². The maximum atomic E-state index is 11.3. The van der Waals surface area contributed by atoms with E-state index in [2.05, 4.69) is 0 Å². The number of halogens is 1. The fraction of sp³-hybridized carbons (Fsp3) is 0.462. The lowest BCUT2D eigenvalue weighted by Crippen LogP contribution is -2.19. The maximum absolute atomic E-state index is 11.3. The Morgan fingerprint density at radius 2 is 1.94 bits per heavy atom. The van der Waals surface area contributed by atoms with Crippen LogP contribution in [0.1, 0.15) is 38.7 Å². The molecule has 88 valence electrons. The first-order valence-corrected chi connectivity index (χ1v) is 5.66. The first kappa shape index (κ1) is 13.0. The summed E-state index contributed by atoms with van der Waals surface area (Å²) in [5, 5.41) is 9.78. The molecule has 0 saturated heterocycles. The highest BCUT2D eigenvalue weighted by atomic mass is 35.5. The molecule has 16 heavy (non-hydrogen) atoms. The summed E-state index contributed by atoms with van der Waals surface area (Å²) < 4.78 is 0. The third-order valence-electron chi connectivity index (χ3n) is 2.40. The van der Waals surface area contributed by atoms with Crippen molar-refractivity contribution in [1.82, 2.24) is 0 Å². The van der Waals surface area contributed by atoms with Crippen LogP contribution in [-0.4, -0.2) is 11.1 Å². The zero-order valence-electron chi connectivity index (χ0n) is 9.83. The van der Waals surface area contributed by atoms with Crippen molar-refractivity contribution in [2.75, 3.05) is 0 Å². The molecule has 1 N–H and O–H groups in total. The van der Waals surface area contributed by atoms with Crippen molar-refractivity contribution >= 4 is 17.6 Å². The standard InChI is InChI=1S/C13H17ClO2/c1-13(2,3)8-10(12(15)16)9-6-4-5-7-11(9)14/h4-7,10H,8H2,1-3H3,(H,15,16). The van der Waals surface area contributed by atoms with Crippen LogP contribution in [0.25, 0.3) is 0 Å². The number of hydrogen-bond donors (Lipinski definition) is 1. The van der Waals surface area contributed by atoms with Gasteiger partial charge in [0.1, 0.15) is 0 Å². The first-order valence-electron chi connectivity index (χ1n) is 5.28. The van der Waals surface area contributed by atoms with Crippen molar-refractivity contribution < 1.29 is 9.90 Å². The molecule has 1 atom stereocenters. The lowest BCUT2D eigenvalue weighted by molar-refractivity contribution is -0.139. The van der Waals surface area contributed by atoms with Gasteiger partial charge in [-0.15, -0.1) is 0 Å². The lowest BCUT2D eigenvalue weighted by Gasteiger charge is -2.24. The van der Waals surface area contributed by atoms with Gasteiger partial charge < -0.3 is 5.11 Å². The number of aliphatic carboxylic acids is 1. The van der Waals surface area contributed by atoms with Crippen molar-refractivity contribution in [2.45, 2.75) is 33.1 Å². The zero-order valence-corrected chi connectivity index (χ0v) is 10.6. The fourth-order valence-electron chi connectivity index (χ4n) is 1.70. The molecule has 2 nitrogen and oxygen atoms in total. The Morgan fingerprint density at radius 3 is 2.38 bits per heavy atom. The van der Waals surface area contributed by atoms with Crippen LogP contribution in [0.3, 0.4) is 0 Å². The van der Waals surface area contributed by atoms with Gasteiger partial charge in [0.25, 0.3) is 0 Å². The van der Waals surface area contributed by atoms with E-state index < -0.39 is 11.9 Å². The Labute approximate surface area is 101 Å². The normalized spacial score (nSPS) is 13.5. The number of hydrogen-bond acceptors (Lipinski definition) is 1. The van der Waals surface area contributed by atoms with Crippen LogP contribution in [0.15, 0.2) is 24.3 Å². The lowest BCUT2D eigenvalue weighted by atomic mass is 9.81. The average Bonchev–Trinajstić information content (AvgIpc) is 2.13. The van der Waals surface area contributed by atoms with Gasteiger partial charge in [-0.3, -0.25) is 4.79 Å². The first-order chi connectivity index (χ1) is 7.31. The van der Waals surface area contributed by atoms with Crippen LogP contribution in [0.4, 0.5) is 0 Å². The summed E-state index contributed by atoms with van der Waals surface area (Å²) in [5.41, 5.74) is 0.661. The van der Waals surface area contributed by atoms with Crippen molar-refractivity contribution in [3.63, 3.8) is 0 Å². The minimum atomic E-state index is -0.817. The summed E-state index contributed by atoms with van der Waals surface area (Å²) in [6.45, 7) is 6.08. The van der Waals surface area contributed by atoms with Gasteiger partial charge in [0.2, 0.25) is 0 Å². The molecule has 0 aliphatic carbocycles. The average molecular weight is 241 g/mol. The summed E-state index contributed by atoms with van der Waals surface area (Å²) in [6, 6.07) is 7.14. The summed E-state index contributed by atoms with van der Waals surface area (Å²) in [7, 11) is 0. The summed E-state index contributed by atoms with van der Waals surface area (Å²) >= 11 is 6.03. The molecule has 0 radical (unpaired) electrons. The molecule has 0 aliphatic heterocycles. The van der Waals surface area contributed by atoms with Gasteiger partial charge in [0, 0.05) is 5.02 Å². The SMILES string of the molecule is CC(C)(C)CC(C(=O)O)c1ccccc1Cl. The van der Waals surface area contributed by atoms with Gasteiger partial charge in [0.05, 0.1) is 5.92 Å². The Bertz CT molecular complexity index is 380. The van der Waals surface area contributed by atoms with E-state index in [1.165, 1.54) is 0 Å². The quantitative estimate of drug-likeness (QED) is 0.869. The molecule has 0 fully saturated rings. The summed E-state index contributed by atoms with van der Waals surface area (Å²) in [5.74, 6) is -1.35. The second-order valence-electron chi connectivity index (χ2n) is 5.18. The van der Waals surface area contributed by atoms with Gasteiger partial charge in [-0.2, -0.15) is 0 Å². The van der Waals surface area contributed by atoms with Gasteiger partial charge in [0.15, 0.2) is 0 Å². The van der Waals surface area contributed by atoms with Crippen LogP contribution in [0, 0.1) is 5.41 Å². The Balaban J connectivity index is 3.04. The van der Waals surface area contributed by atoms with E-state index in [1.54, 1.807) is 12.1 Å². The number of carbonyl (C=O) groups is 1. The molecular formula is C13H17ClO2. The molecule has 1 aromatic rings. The largest absolute Gasteiger partial charge is 0.481 e. The molecule has 0 saturated carbocycles. The van der Waals surface area contributed by atoms with Gasteiger partial charge >= 0.3 is 5.97 Å². The maximum Gasteiger partial charge on any atom is 0.311 e.